The lowest BCUT2D eigenvalue weighted by molar-refractivity contribution is -0.106. The van der Waals surface area contributed by atoms with E-state index in [1.165, 1.54) is 0 Å². The van der Waals surface area contributed by atoms with Gasteiger partial charge in [0.2, 0.25) is 10.0 Å². The van der Waals surface area contributed by atoms with Crippen molar-refractivity contribution in [3.63, 3.8) is 0 Å². The number of nitrogens with zero attached hydrogens (tertiary/aromatic N) is 1. The zero-order chi connectivity index (χ0) is 19.8. The fourth-order valence-electron chi connectivity index (χ4n) is 2.92. The highest BCUT2D eigenvalue weighted by Gasteiger charge is 2.35. The first-order chi connectivity index (χ1) is 12.5. The Bertz CT molecular complexity index is 1040. The number of nitrogens with one attached hydrogen (secondary N) is 2. The third-order valence-electron chi connectivity index (χ3n) is 4.12. The van der Waals surface area contributed by atoms with Crippen molar-refractivity contribution in [2.24, 2.45) is 7.05 Å². The van der Waals surface area contributed by atoms with Crippen LogP contribution in [-0.2, 0) is 17.1 Å². The first kappa shape index (κ1) is 19.8. The summed E-state index contributed by atoms with van der Waals surface area (Å²) >= 11 is 6.04. The number of hydrogen-bond donors (Lipinski definition) is 2. The van der Waals surface area contributed by atoms with Crippen molar-refractivity contribution in [1.82, 2.24) is 14.6 Å². The van der Waals surface area contributed by atoms with Crippen LogP contribution in [0, 0.1) is 0 Å². The molecular weight excluding hydrogens is 403 g/mol. The number of halogens is 4. The van der Waals surface area contributed by atoms with Crippen LogP contribution in [0.1, 0.15) is 5.69 Å². The molecule has 0 aliphatic carbocycles. The second-order valence-corrected chi connectivity index (χ2v) is 8.51. The van der Waals surface area contributed by atoms with Crippen LogP contribution in [0.5, 0.6) is 0 Å². The van der Waals surface area contributed by atoms with Crippen molar-refractivity contribution in [3.8, 4) is 0 Å². The average Bonchev–Trinajstić information content (AvgIpc) is 2.88. The van der Waals surface area contributed by atoms with Gasteiger partial charge in [0.15, 0.2) is 5.75 Å². The van der Waals surface area contributed by atoms with Gasteiger partial charge in [0.05, 0.1) is 5.69 Å². The molecule has 27 heavy (non-hydrogen) atoms. The number of aryl methyl sites for hydroxylation is 1. The van der Waals surface area contributed by atoms with Crippen molar-refractivity contribution in [3.05, 3.63) is 52.8 Å². The molecule has 0 unspecified atom stereocenters. The average molecular weight is 420 g/mol. The van der Waals surface area contributed by atoms with Gasteiger partial charge in [-0.3, -0.25) is 0 Å². The summed E-state index contributed by atoms with van der Waals surface area (Å²) in [7, 11) is -2.56. The second kappa shape index (κ2) is 7.21. The fraction of sp³-hybridized carbons (Fsp3) is 0.294. The lowest BCUT2D eigenvalue weighted by Crippen LogP contribution is -2.36. The van der Waals surface area contributed by atoms with Crippen LogP contribution in [0.25, 0.3) is 16.5 Å². The molecule has 0 radical (unpaired) electrons. The molecule has 2 aromatic rings. The van der Waals surface area contributed by atoms with Crippen LogP contribution >= 0.6 is 11.6 Å². The molecule has 1 aromatic heterocycles. The van der Waals surface area contributed by atoms with E-state index < -0.39 is 22.0 Å². The van der Waals surface area contributed by atoms with Gasteiger partial charge >= 0.3 is 6.18 Å². The van der Waals surface area contributed by atoms with Crippen LogP contribution in [0.3, 0.4) is 0 Å². The van der Waals surface area contributed by atoms with E-state index in [0.717, 1.165) is 22.2 Å². The summed E-state index contributed by atoms with van der Waals surface area (Å²) in [4.78, 5) is 0. The van der Waals surface area contributed by atoms with Crippen LogP contribution in [0.4, 0.5) is 13.2 Å². The highest BCUT2D eigenvalue weighted by atomic mass is 35.5. The number of hydrogen-bond acceptors (Lipinski definition) is 3. The van der Waals surface area contributed by atoms with Gasteiger partial charge in [-0.2, -0.15) is 13.2 Å². The number of fused-ring (bicyclic) bond motifs is 1. The number of aromatic nitrogens is 1. The van der Waals surface area contributed by atoms with Gasteiger partial charge < -0.3 is 9.88 Å². The number of benzene rings is 1. The van der Waals surface area contributed by atoms with Crippen molar-refractivity contribution in [2.75, 3.05) is 18.8 Å². The number of dihydropyridines is 1. The van der Waals surface area contributed by atoms with E-state index in [2.05, 4.69) is 5.32 Å². The molecular formula is C17H17ClF3N3O2S. The molecule has 3 rings (SSSR count). The Morgan fingerprint density at radius 3 is 2.74 bits per heavy atom. The van der Waals surface area contributed by atoms with Gasteiger partial charge in [-0.05, 0) is 29.8 Å². The topological polar surface area (TPSA) is 63.1 Å². The van der Waals surface area contributed by atoms with Gasteiger partial charge in [-0.1, -0.05) is 17.7 Å². The summed E-state index contributed by atoms with van der Waals surface area (Å²) in [5, 5.41) is 4.63. The molecule has 1 aromatic carbocycles. The minimum atomic E-state index is -4.78. The summed E-state index contributed by atoms with van der Waals surface area (Å²) in [5.41, 5.74) is 3.22. The van der Waals surface area contributed by atoms with Gasteiger partial charge in [0.25, 0.3) is 0 Å². The normalized spacial score (nSPS) is 15.4. The van der Waals surface area contributed by atoms with Crippen LogP contribution in [0.15, 0.2) is 42.1 Å². The summed E-state index contributed by atoms with van der Waals surface area (Å²) in [5.74, 6) is -1.90. The Balaban J connectivity index is 1.80. The summed E-state index contributed by atoms with van der Waals surface area (Å²) in [6.45, 7) is 0.145. The summed E-state index contributed by atoms with van der Waals surface area (Å²) in [6.07, 6.45) is -1.23. The van der Waals surface area contributed by atoms with E-state index in [4.69, 9.17) is 11.6 Å². The molecule has 0 saturated heterocycles. The zero-order valence-corrected chi connectivity index (χ0v) is 15.8. The minimum Gasteiger partial charge on any atom is -0.387 e. The van der Waals surface area contributed by atoms with E-state index in [1.54, 1.807) is 18.3 Å². The molecule has 0 spiro atoms. The fourth-order valence-corrected chi connectivity index (χ4v) is 4.02. The number of rotatable bonds is 5. The van der Waals surface area contributed by atoms with E-state index in [9.17, 15) is 21.6 Å². The second-order valence-electron chi connectivity index (χ2n) is 6.27. The zero-order valence-electron chi connectivity index (χ0n) is 14.3. The molecule has 1 aliphatic rings. The third-order valence-corrected chi connectivity index (χ3v) is 5.65. The van der Waals surface area contributed by atoms with Gasteiger partial charge in [0.1, 0.15) is 0 Å². The van der Waals surface area contributed by atoms with E-state index in [-0.39, 0.29) is 6.54 Å². The molecule has 2 N–H and O–H groups in total. The van der Waals surface area contributed by atoms with Crippen LogP contribution in [-0.4, -0.2) is 38.0 Å². The third kappa shape index (κ3) is 4.85. The quantitative estimate of drug-likeness (QED) is 0.782. The Morgan fingerprint density at radius 2 is 2.04 bits per heavy atom. The molecule has 5 nitrogen and oxygen atoms in total. The highest BCUT2D eigenvalue weighted by molar-refractivity contribution is 7.89. The molecule has 0 atom stereocenters. The van der Waals surface area contributed by atoms with Crippen LogP contribution < -0.4 is 10.0 Å². The van der Waals surface area contributed by atoms with E-state index >= 15 is 0 Å². The Kier molecular flexibility index (Phi) is 5.29. The van der Waals surface area contributed by atoms with Gasteiger partial charge in [-0.15, -0.1) is 0 Å². The molecule has 2 heterocycles. The standard InChI is InChI=1S/C17H17ClF3N3O2S/c1-24-15(5-12-2-3-14(18)6-16(12)24)13-4-11(7-22-9-13)8-23-27(25,26)10-17(19,20)21/h2-6,9,22-23H,7-8,10H2,1H3. The predicted molar refractivity (Wildman–Crippen MR) is 99.8 cm³/mol. The highest BCUT2D eigenvalue weighted by Crippen LogP contribution is 2.28. The van der Waals surface area contributed by atoms with Crippen molar-refractivity contribution >= 4 is 38.1 Å². The molecule has 0 saturated carbocycles. The lowest BCUT2D eigenvalue weighted by Gasteiger charge is -2.17. The van der Waals surface area contributed by atoms with Gasteiger partial charge in [0, 0.05) is 47.8 Å². The number of sulfonamides is 1. The van der Waals surface area contributed by atoms with Crippen molar-refractivity contribution in [2.45, 2.75) is 6.18 Å². The molecule has 0 fully saturated rings. The van der Waals surface area contributed by atoms with E-state index in [0.29, 0.717) is 17.1 Å². The SMILES string of the molecule is Cn1c(C2=CNCC(CNS(=O)(=O)CC(F)(F)F)=C2)cc2ccc(Cl)cc21. The monoisotopic (exact) mass is 419 g/mol. The lowest BCUT2D eigenvalue weighted by atomic mass is 10.1. The maximum Gasteiger partial charge on any atom is 0.404 e. The molecule has 1 aliphatic heterocycles. The Morgan fingerprint density at radius 1 is 1.30 bits per heavy atom. The molecule has 10 heteroatoms. The maximum absolute atomic E-state index is 12.3. The predicted octanol–water partition coefficient (Wildman–Crippen LogP) is 3.18. The molecule has 0 bridgehead atoms. The number of alkyl halides is 3. The van der Waals surface area contributed by atoms with Crippen LogP contribution in [0.2, 0.25) is 5.02 Å². The summed E-state index contributed by atoms with van der Waals surface area (Å²) < 4.78 is 63.9. The van der Waals surface area contributed by atoms with Crippen molar-refractivity contribution < 1.29 is 21.6 Å². The Labute approximate surface area is 159 Å². The Hall–Kier alpha value is -1.97. The van der Waals surface area contributed by atoms with Gasteiger partial charge in [-0.25, -0.2) is 13.1 Å². The largest absolute Gasteiger partial charge is 0.404 e. The first-order valence-electron chi connectivity index (χ1n) is 7.96. The number of allylic oxidation sites excluding steroid dienone is 2. The minimum absolute atomic E-state index is 0.196. The van der Waals surface area contributed by atoms with Crippen molar-refractivity contribution in [1.29, 1.82) is 0 Å². The van der Waals surface area contributed by atoms with E-state index in [1.807, 2.05) is 34.5 Å². The maximum atomic E-state index is 12.3. The summed E-state index contributed by atoms with van der Waals surface area (Å²) in [6, 6.07) is 7.49. The molecule has 0 amide bonds. The molecule has 146 valence electrons. The smallest absolute Gasteiger partial charge is 0.387 e. The first-order valence-corrected chi connectivity index (χ1v) is 9.99.